The van der Waals surface area contributed by atoms with E-state index in [2.05, 4.69) is 135 Å². The number of nitrogens with zero attached hydrogens (tertiary/aromatic N) is 1. The lowest BCUT2D eigenvalue weighted by Gasteiger charge is -2.27. The van der Waals surface area contributed by atoms with Crippen molar-refractivity contribution in [2.45, 2.75) is 213 Å². The number of allylic oxidation sites excluding steroid dienone is 21. The van der Waals surface area contributed by atoms with Crippen molar-refractivity contribution in [2.24, 2.45) is 0 Å². The van der Waals surface area contributed by atoms with Crippen LogP contribution >= 0.6 is 7.82 Å². The number of phosphoric acid groups is 1. The largest absolute Gasteiger partial charge is 0.472 e. The molecule has 0 aliphatic heterocycles. The van der Waals surface area contributed by atoms with Crippen LogP contribution in [0.15, 0.2) is 134 Å². The van der Waals surface area contributed by atoms with Crippen LogP contribution in [-0.2, 0) is 27.9 Å². The SMILES string of the molecule is CC/C=C\C/C=C\C/C=C\C/C=C\C/C=C\C/C=C\CCC(=O)NC(COP(=O)(O)OCC[N+](C)(C)C)C(/C=C/CCCCCCCCCCC)OC(=O)CCC/C=C\C/C=C\C/C=C\C/C=C\CCCCC. The summed E-state index contributed by atoms with van der Waals surface area (Å²) in [7, 11) is 1.40. The van der Waals surface area contributed by atoms with Gasteiger partial charge in [0.1, 0.15) is 19.3 Å². The molecule has 3 atom stereocenters. The maximum Gasteiger partial charge on any atom is 0.472 e. The zero-order chi connectivity index (χ0) is 53.6. The zero-order valence-corrected chi connectivity index (χ0v) is 48.0. The Bertz CT molecular complexity index is 1710. The van der Waals surface area contributed by atoms with Gasteiger partial charge in [0, 0.05) is 12.8 Å². The topological polar surface area (TPSA) is 111 Å². The number of nitrogens with one attached hydrogen (secondary N) is 1. The number of esters is 1. The first-order chi connectivity index (χ1) is 35.4. The van der Waals surface area contributed by atoms with Crippen LogP contribution in [0.2, 0.25) is 0 Å². The average Bonchev–Trinajstić information content (AvgIpc) is 3.35. The number of hydrogen-bond acceptors (Lipinski definition) is 6. The predicted molar refractivity (Wildman–Crippen MR) is 313 cm³/mol. The molecule has 0 fully saturated rings. The van der Waals surface area contributed by atoms with Crippen LogP contribution in [0.4, 0.5) is 0 Å². The van der Waals surface area contributed by atoms with E-state index in [4.69, 9.17) is 13.8 Å². The number of likely N-dealkylation sites (N-methyl/N-ethyl adjacent to an activating group) is 1. The van der Waals surface area contributed by atoms with Crippen molar-refractivity contribution in [3.8, 4) is 0 Å². The van der Waals surface area contributed by atoms with Crippen LogP contribution in [-0.4, -0.2) is 74.3 Å². The highest BCUT2D eigenvalue weighted by atomic mass is 31.2. The molecule has 0 aromatic rings. The number of amides is 1. The molecule has 0 heterocycles. The van der Waals surface area contributed by atoms with E-state index in [-0.39, 0.29) is 32.0 Å². The Labute approximate surface area is 447 Å². The molecular formula is C63H106N2O7P+. The number of hydrogen-bond donors (Lipinski definition) is 2. The molecular weight excluding hydrogens is 928 g/mol. The second-order valence-electron chi connectivity index (χ2n) is 19.7. The Morgan fingerprint density at radius 2 is 0.890 bits per heavy atom. The summed E-state index contributed by atoms with van der Waals surface area (Å²) in [6.45, 7) is 6.73. The van der Waals surface area contributed by atoms with Gasteiger partial charge in [-0.1, -0.05) is 213 Å². The molecule has 0 saturated carbocycles. The van der Waals surface area contributed by atoms with Gasteiger partial charge in [-0.3, -0.25) is 18.6 Å². The number of carbonyl (C=O) groups is 2. The van der Waals surface area contributed by atoms with Gasteiger partial charge in [-0.05, 0) is 109 Å². The lowest BCUT2D eigenvalue weighted by atomic mass is 10.1. The molecule has 0 aromatic carbocycles. The number of carbonyl (C=O) groups excluding carboxylic acids is 2. The zero-order valence-electron chi connectivity index (χ0n) is 47.1. The van der Waals surface area contributed by atoms with E-state index in [0.717, 1.165) is 83.5 Å². The van der Waals surface area contributed by atoms with Crippen molar-refractivity contribution in [2.75, 3.05) is 40.9 Å². The van der Waals surface area contributed by atoms with Gasteiger partial charge in [0.05, 0.1) is 33.8 Å². The lowest BCUT2D eigenvalue weighted by Crippen LogP contribution is -2.47. The second kappa shape index (κ2) is 51.6. The molecule has 0 rings (SSSR count). The Morgan fingerprint density at radius 1 is 0.493 bits per heavy atom. The summed E-state index contributed by atoms with van der Waals surface area (Å²) in [5.74, 6) is -0.682. The first kappa shape index (κ1) is 69.2. The Morgan fingerprint density at radius 3 is 1.37 bits per heavy atom. The van der Waals surface area contributed by atoms with E-state index in [0.29, 0.717) is 23.9 Å². The van der Waals surface area contributed by atoms with Gasteiger partial charge in [0.2, 0.25) is 5.91 Å². The third-order valence-electron chi connectivity index (χ3n) is 11.6. The summed E-state index contributed by atoms with van der Waals surface area (Å²) in [4.78, 5) is 37.5. The molecule has 0 spiro atoms. The molecule has 0 radical (unpaired) electrons. The molecule has 73 heavy (non-hydrogen) atoms. The minimum atomic E-state index is -4.49. The monoisotopic (exact) mass is 1030 g/mol. The minimum absolute atomic E-state index is 0.0107. The van der Waals surface area contributed by atoms with Crippen LogP contribution in [0.5, 0.6) is 0 Å². The van der Waals surface area contributed by atoms with Gasteiger partial charge >= 0.3 is 13.8 Å². The first-order valence-corrected chi connectivity index (χ1v) is 30.0. The van der Waals surface area contributed by atoms with Crippen molar-refractivity contribution >= 4 is 19.7 Å². The molecule has 1 amide bonds. The van der Waals surface area contributed by atoms with Gasteiger partial charge in [0.15, 0.2) is 0 Å². The lowest BCUT2D eigenvalue weighted by molar-refractivity contribution is -0.870. The summed E-state index contributed by atoms with van der Waals surface area (Å²) in [5, 5.41) is 2.98. The Hall–Kier alpha value is -3.85. The standard InChI is InChI=1S/C63H105N2O7P/c1-7-10-13-16-19-22-25-27-29-31-32-34-35-37-40-43-46-49-52-55-62(66)64-60(59-71-73(68,69)70-58-57-65(4,5)6)61(54-51-48-45-42-39-24-21-18-15-12-9-3)72-63(67)56-53-50-47-44-41-38-36-33-30-28-26-23-20-17-14-11-8-2/h10,13,19-20,22-23,27-30,32,34,36-38,40,44,46-47,49,51,54,60-61H,7-9,11-12,14-18,21,24-26,31,33,35,39,41-43,45,48,50,52-53,55-59H2,1-6H3,(H-,64,66,68,69)/p+1/b13-10-,22-19-,23-20-,29-27-,30-28-,34-32-,38-36-,40-37-,47-44-,49-46-,54-51+. The second-order valence-corrected chi connectivity index (χ2v) is 21.2. The van der Waals surface area contributed by atoms with Crippen LogP contribution in [0.3, 0.4) is 0 Å². The van der Waals surface area contributed by atoms with Crippen LogP contribution in [0.1, 0.15) is 201 Å². The van der Waals surface area contributed by atoms with Crippen LogP contribution in [0, 0.1) is 0 Å². The molecule has 10 heteroatoms. The molecule has 414 valence electrons. The third kappa shape index (κ3) is 52.8. The Kier molecular flexibility index (Phi) is 48.9. The van der Waals surface area contributed by atoms with Gasteiger partial charge in [-0.15, -0.1) is 0 Å². The van der Waals surface area contributed by atoms with Gasteiger partial charge < -0.3 is 19.4 Å². The molecule has 0 saturated heterocycles. The molecule has 0 aliphatic rings. The summed E-state index contributed by atoms with van der Waals surface area (Å²) in [6.07, 6.45) is 73.3. The molecule has 0 aliphatic carbocycles. The van der Waals surface area contributed by atoms with E-state index >= 15 is 0 Å². The first-order valence-electron chi connectivity index (χ1n) is 28.5. The third-order valence-corrected chi connectivity index (χ3v) is 12.6. The fourth-order valence-corrected chi connectivity index (χ4v) is 7.92. The fraction of sp³-hybridized carbons (Fsp3) is 0.619. The molecule has 3 unspecified atom stereocenters. The van der Waals surface area contributed by atoms with E-state index in [1.807, 2.05) is 39.4 Å². The maximum absolute atomic E-state index is 13.5. The number of quaternary nitrogens is 1. The van der Waals surface area contributed by atoms with Crippen molar-refractivity contribution in [3.05, 3.63) is 134 Å². The highest BCUT2D eigenvalue weighted by molar-refractivity contribution is 7.47. The highest BCUT2D eigenvalue weighted by Gasteiger charge is 2.30. The van der Waals surface area contributed by atoms with Crippen molar-refractivity contribution < 1.29 is 37.3 Å². The summed E-state index contributed by atoms with van der Waals surface area (Å²) in [6, 6.07) is -0.919. The summed E-state index contributed by atoms with van der Waals surface area (Å²) < 4.78 is 30.5. The molecule has 9 nitrogen and oxygen atoms in total. The van der Waals surface area contributed by atoms with Gasteiger partial charge in [-0.2, -0.15) is 0 Å². The normalized spacial score (nSPS) is 14.8. The van der Waals surface area contributed by atoms with Crippen molar-refractivity contribution in [1.29, 1.82) is 0 Å². The van der Waals surface area contributed by atoms with E-state index < -0.39 is 25.9 Å². The van der Waals surface area contributed by atoms with Gasteiger partial charge in [-0.25, -0.2) is 4.57 Å². The smallest absolute Gasteiger partial charge is 0.456 e. The van der Waals surface area contributed by atoms with Gasteiger partial charge in [0.25, 0.3) is 0 Å². The number of unbranched alkanes of at least 4 members (excludes halogenated alkanes) is 13. The number of phosphoric ester groups is 1. The van der Waals surface area contributed by atoms with E-state index in [1.54, 1.807) is 6.08 Å². The van der Waals surface area contributed by atoms with Crippen molar-refractivity contribution in [1.82, 2.24) is 5.32 Å². The number of rotatable bonds is 49. The van der Waals surface area contributed by atoms with Crippen LogP contribution < -0.4 is 5.32 Å². The highest BCUT2D eigenvalue weighted by Crippen LogP contribution is 2.43. The van der Waals surface area contributed by atoms with E-state index in [1.165, 1.54) is 70.6 Å². The quantitative estimate of drug-likeness (QED) is 0.0205. The maximum atomic E-state index is 13.5. The van der Waals surface area contributed by atoms with E-state index in [9.17, 15) is 19.0 Å². The minimum Gasteiger partial charge on any atom is -0.456 e. The predicted octanol–water partition coefficient (Wildman–Crippen LogP) is 17.3. The average molecular weight is 1030 g/mol. The summed E-state index contributed by atoms with van der Waals surface area (Å²) >= 11 is 0. The fourth-order valence-electron chi connectivity index (χ4n) is 7.19. The molecule has 0 bridgehead atoms. The summed E-state index contributed by atoms with van der Waals surface area (Å²) in [5.41, 5.74) is 0. The molecule has 0 aromatic heterocycles. The van der Waals surface area contributed by atoms with Crippen molar-refractivity contribution in [3.63, 3.8) is 0 Å². The number of ether oxygens (including phenoxy) is 1. The Balaban J connectivity index is 5.55. The van der Waals surface area contributed by atoms with Crippen LogP contribution in [0.25, 0.3) is 0 Å². The molecule has 2 N–H and O–H groups in total.